The fourth-order valence-electron chi connectivity index (χ4n) is 4.58. The van der Waals surface area contributed by atoms with Crippen LogP contribution >= 0.6 is 11.3 Å². The molecule has 180 valence electrons. The molecule has 1 aromatic carbocycles. The van der Waals surface area contributed by atoms with Crippen molar-refractivity contribution >= 4 is 29.0 Å². The molecule has 0 unspecified atom stereocenters. The van der Waals surface area contributed by atoms with Crippen molar-refractivity contribution in [1.29, 1.82) is 0 Å². The van der Waals surface area contributed by atoms with Crippen LogP contribution < -0.4 is 4.90 Å². The maximum absolute atomic E-state index is 13.5. The summed E-state index contributed by atoms with van der Waals surface area (Å²) in [5.74, 6) is -0.333. The van der Waals surface area contributed by atoms with E-state index in [2.05, 4.69) is 17.0 Å². The molecule has 1 fully saturated rings. The Balaban J connectivity index is 1.57. The third-order valence-corrected chi connectivity index (χ3v) is 7.42. The minimum absolute atomic E-state index is 0.0211. The number of nitrogens with zero attached hydrogens (tertiary/aromatic N) is 4. The van der Waals surface area contributed by atoms with Gasteiger partial charge in [-0.3, -0.25) is 9.69 Å². The van der Waals surface area contributed by atoms with Crippen molar-refractivity contribution < 1.29 is 14.7 Å². The van der Waals surface area contributed by atoms with Crippen LogP contribution in [0.1, 0.15) is 67.4 Å². The monoisotopic (exact) mass is 480 g/mol. The van der Waals surface area contributed by atoms with Gasteiger partial charge in [0.15, 0.2) is 5.82 Å². The SMILES string of the molecule is CC1CCC(C(=O)N(c2nn(-c3ccc(CCc4nccs4)cc3)cc2C(=O)O)C(C)C)CC1. The van der Waals surface area contributed by atoms with E-state index >= 15 is 0 Å². The molecule has 1 aliphatic rings. The van der Waals surface area contributed by atoms with E-state index in [0.717, 1.165) is 49.2 Å². The quantitative estimate of drug-likeness (QED) is 0.468. The number of aryl methyl sites for hydroxylation is 2. The highest BCUT2D eigenvalue weighted by Crippen LogP contribution is 2.32. The number of hydrogen-bond acceptors (Lipinski definition) is 5. The average Bonchev–Trinajstić information content (AvgIpc) is 3.49. The molecule has 2 aromatic heterocycles. The van der Waals surface area contributed by atoms with Gasteiger partial charge in [0.1, 0.15) is 5.56 Å². The second-order valence-electron chi connectivity index (χ2n) is 9.47. The van der Waals surface area contributed by atoms with Gasteiger partial charge in [-0.2, -0.15) is 0 Å². The van der Waals surface area contributed by atoms with E-state index in [4.69, 9.17) is 0 Å². The lowest BCUT2D eigenvalue weighted by atomic mass is 9.82. The highest BCUT2D eigenvalue weighted by Gasteiger charge is 2.34. The van der Waals surface area contributed by atoms with E-state index in [9.17, 15) is 14.7 Å². The number of amides is 1. The van der Waals surface area contributed by atoms with Crippen LogP contribution in [0, 0.1) is 11.8 Å². The third-order valence-electron chi connectivity index (χ3n) is 6.58. The van der Waals surface area contributed by atoms with Crippen molar-refractivity contribution in [3.63, 3.8) is 0 Å². The Labute approximate surface area is 204 Å². The Morgan fingerprint density at radius 3 is 2.44 bits per heavy atom. The number of carbonyl (C=O) groups is 2. The van der Waals surface area contributed by atoms with Gasteiger partial charge >= 0.3 is 5.97 Å². The molecule has 1 amide bonds. The Bertz CT molecular complexity index is 1110. The molecule has 7 nitrogen and oxygen atoms in total. The van der Waals surface area contributed by atoms with E-state index in [1.807, 2.05) is 49.7 Å². The average molecular weight is 481 g/mol. The number of thiazole rings is 1. The zero-order valence-electron chi connectivity index (χ0n) is 20.0. The van der Waals surface area contributed by atoms with E-state index < -0.39 is 5.97 Å². The molecule has 8 heteroatoms. The first kappa shape index (κ1) is 24.1. The Morgan fingerprint density at radius 2 is 1.85 bits per heavy atom. The first-order valence-electron chi connectivity index (χ1n) is 12.0. The van der Waals surface area contributed by atoms with Crippen LogP contribution in [0.25, 0.3) is 5.69 Å². The third kappa shape index (κ3) is 5.38. The summed E-state index contributed by atoms with van der Waals surface area (Å²) in [7, 11) is 0. The second-order valence-corrected chi connectivity index (χ2v) is 10.4. The number of aromatic carboxylic acids is 1. The Kier molecular flexibility index (Phi) is 7.46. The number of carboxylic acid groups (broad SMARTS) is 1. The molecular formula is C26H32N4O3S. The number of benzene rings is 1. The molecule has 0 atom stereocenters. The Hall–Kier alpha value is -3.00. The predicted octanol–water partition coefficient (Wildman–Crippen LogP) is 5.38. The maximum atomic E-state index is 13.5. The molecule has 0 saturated heterocycles. The molecule has 34 heavy (non-hydrogen) atoms. The summed E-state index contributed by atoms with van der Waals surface area (Å²) in [5.41, 5.74) is 1.98. The van der Waals surface area contributed by atoms with Crippen LogP contribution in [0.5, 0.6) is 0 Å². The summed E-state index contributed by atoms with van der Waals surface area (Å²) in [4.78, 5) is 31.5. The van der Waals surface area contributed by atoms with E-state index in [-0.39, 0.29) is 29.2 Å². The summed E-state index contributed by atoms with van der Waals surface area (Å²) in [5, 5.41) is 17.6. The van der Waals surface area contributed by atoms with Gasteiger partial charge in [-0.1, -0.05) is 19.1 Å². The first-order chi connectivity index (χ1) is 16.3. The molecule has 0 spiro atoms. The van der Waals surface area contributed by atoms with Crippen molar-refractivity contribution in [2.24, 2.45) is 11.8 Å². The molecule has 4 rings (SSSR count). The predicted molar refractivity (Wildman–Crippen MR) is 134 cm³/mol. The normalized spacial score (nSPS) is 18.2. The summed E-state index contributed by atoms with van der Waals surface area (Å²) in [6.45, 7) is 6.03. The fraction of sp³-hybridized carbons (Fsp3) is 0.462. The van der Waals surface area contributed by atoms with Gasteiger partial charge in [-0.15, -0.1) is 16.4 Å². The first-order valence-corrected chi connectivity index (χ1v) is 12.8. The van der Waals surface area contributed by atoms with Crippen LogP contribution in [-0.2, 0) is 17.6 Å². The molecular weight excluding hydrogens is 448 g/mol. The molecule has 2 heterocycles. The van der Waals surface area contributed by atoms with Crippen molar-refractivity contribution in [3.05, 3.63) is 58.2 Å². The van der Waals surface area contributed by atoms with Crippen LogP contribution in [0.4, 0.5) is 5.82 Å². The lowest BCUT2D eigenvalue weighted by Gasteiger charge is -2.32. The van der Waals surface area contributed by atoms with E-state index in [0.29, 0.717) is 5.92 Å². The number of carboxylic acids is 1. The second kappa shape index (κ2) is 10.5. The summed E-state index contributed by atoms with van der Waals surface area (Å²) >= 11 is 1.65. The largest absolute Gasteiger partial charge is 0.477 e. The molecule has 1 aliphatic carbocycles. The zero-order valence-corrected chi connectivity index (χ0v) is 20.8. The lowest BCUT2D eigenvalue weighted by Crippen LogP contribution is -2.43. The van der Waals surface area contributed by atoms with E-state index in [1.165, 1.54) is 11.8 Å². The van der Waals surface area contributed by atoms with Crippen LogP contribution in [0.15, 0.2) is 42.0 Å². The van der Waals surface area contributed by atoms with Crippen LogP contribution in [0.2, 0.25) is 0 Å². The lowest BCUT2D eigenvalue weighted by molar-refractivity contribution is -0.123. The molecule has 0 aliphatic heterocycles. The minimum atomic E-state index is -1.09. The number of rotatable bonds is 8. The van der Waals surface area contributed by atoms with Gasteiger partial charge in [0.05, 0.1) is 10.7 Å². The van der Waals surface area contributed by atoms with Crippen LogP contribution in [-0.4, -0.2) is 37.8 Å². The van der Waals surface area contributed by atoms with Crippen molar-refractivity contribution in [2.75, 3.05) is 4.90 Å². The van der Waals surface area contributed by atoms with Crippen molar-refractivity contribution in [3.8, 4) is 5.69 Å². The Morgan fingerprint density at radius 1 is 1.15 bits per heavy atom. The molecule has 3 aromatic rings. The highest BCUT2D eigenvalue weighted by molar-refractivity contribution is 7.09. The zero-order chi connectivity index (χ0) is 24.2. The minimum Gasteiger partial charge on any atom is -0.477 e. The molecule has 0 bridgehead atoms. The van der Waals surface area contributed by atoms with E-state index in [1.54, 1.807) is 20.9 Å². The smallest absolute Gasteiger partial charge is 0.341 e. The fourth-order valence-corrected chi connectivity index (χ4v) is 5.20. The molecule has 1 N–H and O–H groups in total. The summed E-state index contributed by atoms with van der Waals surface area (Å²) in [6.07, 6.45) is 8.83. The van der Waals surface area contributed by atoms with Gasteiger partial charge in [0, 0.05) is 36.2 Å². The van der Waals surface area contributed by atoms with Crippen LogP contribution in [0.3, 0.4) is 0 Å². The van der Waals surface area contributed by atoms with Gasteiger partial charge in [-0.05, 0) is 69.6 Å². The number of hydrogen-bond donors (Lipinski definition) is 1. The topological polar surface area (TPSA) is 88.3 Å². The summed E-state index contributed by atoms with van der Waals surface area (Å²) < 4.78 is 1.56. The van der Waals surface area contributed by atoms with Gasteiger partial charge < -0.3 is 5.11 Å². The maximum Gasteiger partial charge on any atom is 0.341 e. The van der Waals surface area contributed by atoms with Crippen molar-refractivity contribution in [2.45, 2.75) is 65.3 Å². The van der Waals surface area contributed by atoms with Gasteiger partial charge in [-0.25, -0.2) is 14.5 Å². The standard InChI is InChI=1S/C26H32N4O3S/c1-17(2)30(25(31)20-9-4-18(3)5-10-20)24-22(26(32)33)16-29(28-24)21-11-6-19(7-12-21)8-13-23-27-14-15-34-23/h6-7,11-12,14-18,20H,4-5,8-10,13H2,1-3H3,(H,32,33). The molecule has 0 radical (unpaired) electrons. The number of carbonyl (C=O) groups excluding carboxylic acids is 1. The summed E-state index contributed by atoms with van der Waals surface area (Å²) in [6, 6.07) is 7.73. The highest BCUT2D eigenvalue weighted by atomic mass is 32.1. The molecule has 1 saturated carbocycles. The van der Waals surface area contributed by atoms with Gasteiger partial charge in [0.25, 0.3) is 0 Å². The van der Waals surface area contributed by atoms with Crippen molar-refractivity contribution in [1.82, 2.24) is 14.8 Å². The number of anilines is 1. The van der Waals surface area contributed by atoms with Gasteiger partial charge in [0.2, 0.25) is 5.91 Å². The number of aromatic nitrogens is 3.